The second-order valence-corrected chi connectivity index (χ2v) is 9.65. The van der Waals surface area contributed by atoms with E-state index in [-0.39, 0.29) is 19.0 Å². The number of hydrogen-bond donors (Lipinski definition) is 0. The fourth-order valence-electron chi connectivity index (χ4n) is 4.18. The van der Waals surface area contributed by atoms with Crippen molar-refractivity contribution in [2.45, 2.75) is 37.0 Å². The van der Waals surface area contributed by atoms with Gasteiger partial charge in [-0.1, -0.05) is 0 Å². The van der Waals surface area contributed by atoms with Crippen molar-refractivity contribution in [2.75, 3.05) is 26.2 Å². The molecule has 4 rings (SSSR count). The zero-order valence-electron chi connectivity index (χ0n) is 14.5. The minimum Gasteiger partial charge on any atom is -0.342 e. The first-order chi connectivity index (χ1) is 12.3. The van der Waals surface area contributed by atoms with Gasteiger partial charge < -0.3 is 4.90 Å². The molecule has 8 heteroatoms. The van der Waals surface area contributed by atoms with Crippen LogP contribution < -0.4 is 0 Å². The lowest BCUT2D eigenvalue weighted by atomic mass is 9.78. The Balaban J connectivity index is 1.56. The molecule has 0 aromatic heterocycles. The molecule has 1 aromatic carbocycles. The first kappa shape index (κ1) is 17.9. The van der Waals surface area contributed by atoms with E-state index in [1.807, 2.05) is 4.90 Å². The van der Waals surface area contributed by atoms with Crippen molar-refractivity contribution in [3.8, 4) is 0 Å². The highest BCUT2D eigenvalue weighted by molar-refractivity contribution is 7.89. The molecule has 1 amide bonds. The Morgan fingerprint density at radius 3 is 2.62 bits per heavy atom. The second kappa shape index (κ2) is 6.27. The number of piperidine rings is 1. The second-order valence-electron chi connectivity index (χ2n) is 7.74. The number of rotatable bonds is 4. The molecule has 2 saturated heterocycles. The van der Waals surface area contributed by atoms with Crippen LogP contribution in [0.4, 0.5) is 8.78 Å². The van der Waals surface area contributed by atoms with Crippen molar-refractivity contribution in [3.05, 3.63) is 29.8 Å². The number of halogens is 2. The van der Waals surface area contributed by atoms with E-state index in [1.54, 1.807) is 0 Å². The number of carbonyl (C=O) groups excluding carboxylic acids is 1. The van der Waals surface area contributed by atoms with E-state index in [2.05, 4.69) is 0 Å². The van der Waals surface area contributed by atoms with Crippen molar-refractivity contribution >= 4 is 15.9 Å². The molecule has 3 fully saturated rings. The average molecular weight is 384 g/mol. The lowest BCUT2D eigenvalue weighted by Crippen LogP contribution is -2.50. The molecule has 1 aromatic rings. The van der Waals surface area contributed by atoms with Crippen LogP contribution in [0, 0.1) is 23.0 Å². The monoisotopic (exact) mass is 384 g/mol. The Morgan fingerprint density at radius 1 is 1.15 bits per heavy atom. The molecule has 142 valence electrons. The highest BCUT2D eigenvalue weighted by Gasteiger charge is 2.51. The topological polar surface area (TPSA) is 57.7 Å². The van der Waals surface area contributed by atoms with Crippen LogP contribution in [0.5, 0.6) is 0 Å². The molecular formula is C18H22F2N2O3S. The van der Waals surface area contributed by atoms with Gasteiger partial charge in [0.15, 0.2) is 0 Å². The molecule has 1 atom stereocenters. The van der Waals surface area contributed by atoms with Gasteiger partial charge in [0.25, 0.3) is 0 Å². The molecule has 3 aliphatic rings. The molecule has 1 saturated carbocycles. The van der Waals surface area contributed by atoms with Crippen molar-refractivity contribution in [2.24, 2.45) is 11.3 Å². The van der Waals surface area contributed by atoms with Crippen LogP contribution in [0.3, 0.4) is 0 Å². The zero-order valence-corrected chi connectivity index (χ0v) is 15.3. The zero-order chi connectivity index (χ0) is 18.5. The number of benzene rings is 1. The summed E-state index contributed by atoms with van der Waals surface area (Å²) in [5.74, 6) is -1.30. The van der Waals surface area contributed by atoms with Crippen molar-refractivity contribution in [1.82, 2.24) is 9.21 Å². The number of nitrogens with zero attached hydrogens (tertiary/aromatic N) is 2. The summed E-state index contributed by atoms with van der Waals surface area (Å²) in [6, 6.07) is 2.46. The minimum atomic E-state index is -4.09. The lowest BCUT2D eigenvalue weighted by molar-refractivity contribution is -0.145. The van der Waals surface area contributed by atoms with Crippen molar-refractivity contribution in [1.29, 1.82) is 0 Å². The smallest absolute Gasteiger partial charge is 0.246 e. The van der Waals surface area contributed by atoms with E-state index in [1.165, 1.54) is 4.31 Å². The van der Waals surface area contributed by atoms with Crippen molar-refractivity contribution in [3.63, 3.8) is 0 Å². The highest BCUT2D eigenvalue weighted by Crippen LogP contribution is 2.43. The minimum absolute atomic E-state index is 0.0351. The molecule has 1 unspecified atom stereocenters. The summed E-state index contributed by atoms with van der Waals surface area (Å²) >= 11 is 0. The van der Waals surface area contributed by atoms with Gasteiger partial charge in [-0.15, -0.1) is 0 Å². The predicted octanol–water partition coefficient (Wildman–Crippen LogP) is 2.38. The Morgan fingerprint density at radius 2 is 1.92 bits per heavy atom. The molecule has 0 bridgehead atoms. The summed E-state index contributed by atoms with van der Waals surface area (Å²) in [7, 11) is -4.09. The molecule has 2 heterocycles. The average Bonchev–Trinajstić information content (AvgIpc) is 3.29. The molecule has 2 aliphatic heterocycles. The van der Waals surface area contributed by atoms with Crippen LogP contribution in [0.1, 0.15) is 32.1 Å². The number of hydrogen-bond acceptors (Lipinski definition) is 3. The van der Waals surface area contributed by atoms with Gasteiger partial charge in [-0.25, -0.2) is 17.2 Å². The van der Waals surface area contributed by atoms with Gasteiger partial charge in [-0.05, 0) is 50.2 Å². The molecule has 1 aliphatic carbocycles. The van der Waals surface area contributed by atoms with Gasteiger partial charge in [-0.2, -0.15) is 4.31 Å². The molecule has 5 nitrogen and oxygen atoms in total. The largest absolute Gasteiger partial charge is 0.342 e. The number of sulfonamides is 1. The van der Waals surface area contributed by atoms with E-state index in [0.29, 0.717) is 24.8 Å². The molecular weight excluding hydrogens is 362 g/mol. The fraction of sp³-hybridized carbons (Fsp3) is 0.611. The number of likely N-dealkylation sites (tertiary alicyclic amines) is 1. The highest BCUT2D eigenvalue weighted by atomic mass is 32.2. The summed E-state index contributed by atoms with van der Waals surface area (Å²) < 4.78 is 53.9. The maximum Gasteiger partial charge on any atom is 0.246 e. The van der Waals surface area contributed by atoms with E-state index >= 15 is 0 Å². The maximum absolute atomic E-state index is 14.0. The third-order valence-electron chi connectivity index (χ3n) is 5.83. The van der Waals surface area contributed by atoms with Crippen LogP contribution >= 0.6 is 0 Å². The maximum atomic E-state index is 14.0. The van der Waals surface area contributed by atoms with Gasteiger partial charge in [0, 0.05) is 32.2 Å². The van der Waals surface area contributed by atoms with Gasteiger partial charge in [0.2, 0.25) is 15.9 Å². The van der Waals surface area contributed by atoms with Crippen LogP contribution in [-0.2, 0) is 14.8 Å². The quantitative estimate of drug-likeness (QED) is 0.801. The van der Waals surface area contributed by atoms with E-state index in [0.717, 1.165) is 44.5 Å². The predicted molar refractivity (Wildman–Crippen MR) is 90.7 cm³/mol. The third-order valence-corrected chi connectivity index (χ3v) is 7.71. The van der Waals surface area contributed by atoms with Gasteiger partial charge in [-0.3, -0.25) is 4.79 Å². The Bertz CT molecular complexity index is 841. The summed E-state index contributed by atoms with van der Waals surface area (Å²) in [6.07, 6.45) is 4.28. The van der Waals surface area contributed by atoms with Gasteiger partial charge in [0.1, 0.15) is 16.5 Å². The third kappa shape index (κ3) is 3.03. The Kier molecular flexibility index (Phi) is 4.30. The van der Waals surface area contributed by atoms with Crippen LogP contribution in [0.15, 0.2) is 23.1 Å². The van der Waals surface area contributed by atoms with Crippen LogP contribution in [-0.4, -0.2) is 49.7 Å². The Labute approximate surface area is 152 Å². The molecule has 26 heavy (non-hydrogen) atoms. The van der Waals surface area contributed by atoms with Gasteiger partial charge >= 0.3 is 0 Å². The molecule has 0 N–H and O–H groups in total. The van der Waals surface area contributed by atoms with E-state index in [9.17, 15) is 22.0 Å². The van der Waals surface area contributed by atoms with Crippen molar-refractivity contribution < 1.29 is 22.0 Å². The Hall–Kier alpha value is -1.54. The SMILES string of the molecule is O=C1N(CC2CC2)CCCC12CCN(S(=O)(=O)c1ccc(F)cc1F)C2. The molecule has 1 spiro atoms. The summed E-state index contributed by atoms with van der Waals surface area (Å²) in [5.41, 5.74) is -0.698. The van der Waals surface area contributed by atoms with E-state index < -0.39 is 32.0 Å². The van der Waals surface area contributed by atoms with E-state index in [4.69, 9.17) is 0 Å². The normalized spacial score (nSPS) is 27.5. The fourth-order valence-corrected chi connectivity index (χ4v) is 5.75. The summed E-state index contributed by atoms with van der Waals surface area (Å²) in [6.45, 7) is 1.75. The van der Waals surface area contributed by atoms with Crippen LogP contribution in [0.25, 0.3) is 0 Å². The molecule has 0 radical (unpaired) electrons. The first-order valence-electron chi connectivity index (χ1n) is 9.06. The first-order valence-corrected chi connectivity index (χ1v) is 10.5. The number of amides is 1. The van der Waals surface area contributed by atoms with Gasteiger partial charge in [0.05, 0.1) is 5.41 Å². The van der Waals surface area contributed by atoms with Crippen LogP contribution in [0.2, 0.25) is 0 Å². The standard InChI is InChI=1S/C18H22F2N2O3S/c19-14-4-5-16(15(20)10-14)26(24,25)22-9-7-18(12-22)6-1-8-21(17(18)23)11-13-2-3-13/h4-5,10,13H,1-3,6-9,11-12H2. The summed E-state index contributed by atoms with van der Waals surface area (Å²) in [5, 5.41) is 0. The summed E-state index contributed by atoms with van der Waals surface area (Å²) in [4.78, 5) is 14.4. The lowest BCUT2D eigenvalue weighted by Gasteiger charge is -2.39. The number of carbonyl (C=O) groups is 1.